The molecule has 0 radical (unpaired) electrons. The number of hydrogen-bond acceptors (Lipinski definition) is 5. The zero-order chi connectivity index (χ0) is 23.7. The first kappa shape index (κ1) is 22.6. The van der Waals surface area contributed by atoms with Gasteiger partial charge in [-0.1, -0.05) is 18.2 Å². The van der Waals surface area contributed by atoms with Gasteiger partial charge in [0.15, 0.2) is 0 Å². The topological polar surface area (TPSA) is 86.8 Å². The van der Waals surface area contributed by atoms with Crippen LogP contribution in [0.25, 0.3) is 0 Å². The molecule has 0 bridgehead atoms. The number of carbonyl (C=O) groups is 2. The fraction of sp³-hybridized carbons (Fsp3) is 0.280. The summed E-state index contributed by atoms with van der Waals surface area (Å²) >= 11 is 1.24. The number of carbonyl (C=O) groups excluding carboxylic acids is 2. The Kier molecular flexibility index (Phi) is 6.14. The van der Waals surface area contributed by atoms with Gasteiger partial charge in [-0.15, -0.1) is 11.3 Å². The van der Waals surface area contributed by atoms with Crippen LogP contribution in [-0.4, -0.2) is 44.8 Å². The predicted octanol–water partition coefficient (Wildman–Crippen LogP) is 4.38. The Morgan fingerprint density at radius 3 is 2.35 bits per heavy atom. The Bertz CT molecular complexity index is 1330. The standard InChI is InChI=1S/C25H25N3O4S2/c29-24(26-23-14-13-22(33-23)25(30)27-15-3-4-16-27)19-9-11-20(12-10-19)34(31,32)28-17-5-7-18-6-1-2-8-21(18)28/h1-2,6,8-14H,3-5,7,15-17H2,(H,26,29). The van der Waals surface area contributed by atoms with E-state index in [1.54, 1.807) is 12.1 Å². The van der Waals surface area contributed by atoms with E-state index in [1.165, 1.54) is 39.9 Å². The van der Waals surface area contributed by atoms with Gasteiger partial charge in [0.2, 0.25) is 0 Å². The van der Waals surface area contributed by atoms with Crippen molar-refractivity contribution in [3.8, 4) is 0 Å². The highest BCUT2D eigenvalue weighted by Gasteiger charge is 2.29. The van der Waals surface area contributed by atoms with E-state index >= 15 is 0 Å². The Labute approximate surface area is 203 Å². The highest BCUT2D eigenvalue weighted by atomic mass is 32.2. The third-order valence-corrected chi connectivity index (χ3v) is 9.04. The van der Waals surface area contributed by atoms with Gasteiger partial charge in [0, 0.05) is 25.2 Å². The number of benzene rings is 2. The zero-order valence-corrected chi connectivity index (χ0v) is 20.2. The molecule has 34 heavy (non-hydrogen) atoms. The van der Waals surface area contributed by atoms with Gasteiger partial charge >= 0.3 is 0 Å². The minimum atomic E-state index is -3.73. The third kappa shape index (κ3) is 4.33. The Morgan fingerprint density at radius 1 is 0.853 bits per heavy atom. The number of rotatable bonds is 5. The smallest absolute Gasteiger partial charge is 0.264 e. The molecule has 1 N–H and O–H groups in total. The van der Waals surface area contributed by atoms with Gasteiger partial charge in [0.05, 0.1) is 20.5 Å². The van der Waals surface area contributed by atoms with Crippen molar-refractivity contribution < 1.29 is 18.0 Å². The minimum absolute atomic E-state index is 0.00292. The SMILES string of the molecule is O=C(Nc1ccc(C(=O)N2CCCC2)s1)c1ccc(S(=O)(=O)N2CCCc3ccccc32)cc1. The molecule has 0 unspecified atom stereocenters. The Morgan fingerprint density at radius 2 is 1.59 bits per heavy atom. The van der Waals surface area contributed by atoms with Crippen LogP contribution in [0, 0.1) is 0 Å². The molecule has 2 amide bonds. The summed E-state index contributed by atoms with van der Waals surface area (Å²) in [7, 11) is -3.73. The minimum Gasteiger partial charge on any atom is -0.338 e. The number of hydrogen-bond donors (Lipinski definition) is 1. The lowest BCUT2D eigenvalue weighted by atomic mass is 10.0. The van der Waals surface area contributed by atoms with Crippen LogP contribution >= 0.6 is 11.3 Å². The normalized spacial score (nSPS) is 15.8. The van der Waals surface area contributed by atoms with Crippen molar-refractivity contribution in [3.05, 3.63) is 76.7 Å². The van der Waals surface area contributed by atoms with Crippen molar-refractivity contribution in [2.45, 2.75) is 30.6 Å². The summed E-state index contributed by atoms with van der Waals surface area (Å²) in [5, 5.41) is 3.39. The number of amides is 2. The summed E-state index contributed by atoms with van der Waals surface area (Å²) in [5.41, 5.74) is 2.08. The Hall–Kier alpha value is -3.17. The summed E-state index contributed by atoms with van der Waals surface area (Å²) < 4.78 is 28.0. The second kappa shape index (κ2) is 9.23. The highest BCUT2D eigenvalue weighted by molar-refractivity contribution is 7.92. The van der Waals surface area contributed by atoms with E-state index < -0.39 is 10.0 Å². The fourth-order valence-corrected chi connectivity index (χ4v) is 6.84. The summed E-state index contributed by atoms with van der Waals surface area (Å²) in [4.78, 5) is 27.8. The van der Waals surface area contributed by atoms with E-state index in [4.69, 9.17) is 0 Å². The second-order valence-corrected chi connectivity index (χ2v) is 11.4. The maximum Gasteiger partial charge on any atom is 0.264 e. The lowest BCUT2D eigenvalue weighted by molar-refractivity contribution is 0.0797. The maximum absolute atomic E-state index is 13.3. The van der Waals surface area contributed by atoms with Gasteiger partial charge in [-0.3, -0.25) is 13.9 Å². The lowest BCUT2D eigenvalue weighted by Gasteiger charge is -2.30. The number of aryl methyl sites for hydroxylation is 1. The van der Waals surface area contributed by atoms with Gasteiger partial charge in [0.1, 0.15) is 0 Å². The van der Waals surface area contributed by atoms with Crippen LogP contribution < -0.4 is 9.62 Å². The first-order chi connectivity index (χ1) is 16.4. The number of nitrogens with one attached hydrogen (secondary N) is 1. The first-order valence-electron chi connectivity index (χ1n) is 11.3. The molecule has 176 valence electrons. The number of likely N-dealkylation sites (tertiary alicyclic amines) is 1. The molecule has 2 aliphatic rings. The van der Waals surface area contributed by atoms with Crippen LogP contribution in [0.1, 0.15) is 44.9 Å². The Balaban J connectivity index is 1.29. The predicted molar refractivity (Wildman–Crippen MR) is 133 cm³/mol. The van der Waals surface area contributed by atoms with Crippen LogP contribution in [0.4, 0.5) is 10.7 Å². The van der Waals surface area contributed by atoms with Crippen LogP contribution in [-0.2, 0) is 16.4 Å². The monoisotopic (exact) mass is 495 g/mol. The van der Waals surface area contributed by atoms with Crippen LogP contribution in [0.5, 0.6) is 0 Å². The van der Waals surface area contributed by atoms with E-state index in [0.717, 1.165) is 44.3 Å². The van der Waals surface area contributed by atoms with Crippen LogP contribution in [0.2, 0.25) is 0 Å². The molecule has 3 heterocycles. The first-order valence-corrected chi connectivity index (χ1v) is 13.6. The van der Waals surface area contributed by atoms with Gasteiger partial charge in [0.25, 0.3) is 21.8 Å². The van der Waals surface area contributed by atoms with Crippen molar-refractivity contribution in [2.75, 3.05) is 29.3 Å². The van der Waals surface area contributed by atoms with Crippen LogP contribution in [0.3, 0.4) is 0 Å². The fourth-order valence-electron chi connectivity index (χ4n) is 4.43. The summed E-state index contributed by atoms with van der Waals surface area (Å²) in [6.07, 6.45) is 3.67. The molecule has 1 fully saturated rings. The number of anilines is 2. The van der Waals surface area contributed by atoms with E-state index in [1.807, 2.05) is 29.2 Å². The van der Waals surface area contributed by atoms with Crippen molar-refractivity contribution >= 4 is 43.9 Å². The van der Waals surface area contributed by atoms with Gasteiger partial charge in [-0.25, -0.2) is 8.42 Å². The average molecular weight is 496 g/mol. The molecule has 9 heteroatoms. The van der Waals surface area contributed by atoms with E-state index in [-0.39, 0.29) is 16.7 Å². The molecular formula is C25H25N3O4S2. The summed E-state index contributed by atoms with van der Waals surface area (Å²) in [6.45, 7) is 1.98. The highest BCUT2D eigenvalue weighted by Crippen LogP contribution is 2.32. The van der Waals surface area contributed by atoms with Crippen molar-refractivity contribution in [2.24, 2.45) is 0 Å². The van der Waals surface area contributed by atoms with Crippen molar-refractivity contribution in [3.63, 3.8) is 0 Å². The summed E-state index contributed by atoms with van der Waals surface area (Å²) in [6, 6.07) is 17.0. The quantitative estimate of drug-likeness (QED) is 0.569. The second-order valence-electron chi connectivity index (χ2n) is 8.45. The molecule has 2 aromatic carbocycles. The molecule has 2 aliphatic heterocycles. The molecule has 5 rings (SSSR count). The number of fused-ring (bicyclic) bond motifs is 1. The molecule has 0 atom stereocenters. The summed E-state index contributed by atoms with van der Waals surface area (Å²) in [5.74, 6) is -0.355. The van der Waals surface area contributed by atoms with Gasteiger partial charge in [-0.2, -0.15) is 0 Å². The molecule has 0 saturated carbocycles. The number of nitrogens with zero attached hydrogens (tertiary/aromatic N) is 2. The van der Waals surface area contributed by atoms with Gasteiger partial charge in [-0.05, 0) is 73.7 Å². The molecule has 1 saturated heterocycles. The van der Waals surface area contributed by atoms with Crippen LogP contribution in [0.15, 0.2) is 65.6 Å². The lowest BCUT2D eigenvalue weighted by Crippen LogP contribution is -2.35. The van der Waals surface area contributed by atoms with Crippen molar-refractivity contribution in [1.29, 1.82) is 0 Å². The largest absolute Gasteiger partial charge is 0.338 e. The average Bonchev–Trinajstić information content (AvgIpc) is 3.56. The number of sulfonamides is 1. The van der Waals surface area contributed by atoms with E-state index in [0.29, 0.717) is 27.7 Å². The van der Waals surface area contributed by atoms with Crippen molar-refractivity contribution in [1.82, 2.24) is 4.90 Å². The molecule has 0 spiro atoms. The molecule has 0 aliphatic carbocycles. The van der Waals surface area contributed by atoms with E-state index in [9.17, 15) is 18.0 Å². The van der Waals surface area contributed by atoms with Gasteiger partial charge < -0.3 is 10.2 Å². The number of thiophene rings is 1. The number of para-hydroxylation sites is 1. The maximum atomic E-state index is 13.3. The molecular weight excluding hydrogens is 470 g/mol. The third-order valence-electron chi connectivity index (χ3n) is 6.22. The molecule has 1 aromatic heterocycles. The molecule has 3 aromatic rings. The zero-order valence-electron chi connectivity index (χ0n) is 18.6. The molecule has 7 nitrogen and oxygen atoms in total. The van der Waals surface area contributed by atoms with E-state index in [2.05, 4.69) is 5.32 Å².